The summed E-state index contributed by atoms with van der Waals surface area (Å²) in [5.41, 5.74) is 8.64. The van der Waals surface area contributed by atoms with Gasteiger partial charge in [-0.25, -0.2) is 5.43 Å². The number of rotatable bonds is 8. The van der Waals surface area contributed by atoms with Crippen LogP contribution in [0.4, 0.5) is 5.69 Å². The second-order valence-corrected chi connectivity index (χ2v) is 4.69. The van der Waals surface area contributed by atoms with Crippen molar-refractivity contribution in [2.75, 3.05) is 12.0 Å². The monoisotopic (exact) mass is 270 g/mol. The second kappa shape index (κ2) is 8.23. The van der Waals surface area contributed by atoms with Gasteiger partial charge in [-0.15, -0.1) is 0 Å². The zero-order valence-electron chi connectivity index (χ0n) is 11.9. The van der Waals surface area contributed by atoms with Crippen LogP contribution in [0.5, 0.6) is 5.75 Å². The fraction of sp³-hybridized carbons (Fsp3) is 0.294. The van der Waals surface area contributed by atoms with Gasteiger partial charge in [0.1, 0.15) is 5.75 Å². The average molecular weight is 270 g/mol. The van der Waals surface area contributed by atoms with Crippen molar-refractivity contribution in [2.24, 2.45) is 0 Å². The third-order valence-electron chi connectivity index (χ3n) is 2.96. The van der Waals surface area contributed by atoms with Crippen molar-refractivity contribution in [1.29, 1.82) is 0 Å². The maximum atomic E-state index is 5.70. The van der Waals surface area contributed by atoms with Crippen LogP contribution in [0.25, 0.3) is 0 Å². The van der Waals surface area contributed by atoms with Crippen molar-refractivity contribution < 1.29 is 4.74 Å². The molecule has 20 heavy (non-hydrogen) atoms. The van der Waals surface area contributed by atoms with E-state index in [9.17, 15) is 0 Å². The fourth-order valence-corrected chi connectivity index (χ4v) is 1.85. The Morgan fingerprint density at radius 2 is 1.85 bits per heavy atom. The Bertz CT molecular complexity index is 499. The molecule has 3 nitrogen and oxygen atoms in total. The summed E-state index contributed by atoms with van der Waals surface area (Å²) in [6, 6.07) is 18.3. The Labute approximate surface area is 120 Å². The molecule has 0 amide bonds. The molecule has 3 heteroatoms. The maximum Gasteiger partial charge on any atom is 0.119 e. The first-order chi connectivity index (χ1) is 9.88. The normalized spacial score (nSPS) is 10.2. The molecular formula is C17H22N2O. The molecule has 0 saturated heterocycles. The molecule has 0 fully saturated rings. The molecule has 0 aromatic heterocycles. The summed E-state index contributed by atoms with van der Waals surface area (Å²) in [6.45, 7) is 3.70. The summed E-state index contributed by atoms with van der Waals surface area (Å²) in [7, 11) is 0. The summed E-state index contributed by atoms with van der Waals surface area (Å²) in [6.07, 6.45) is 2.25. The van der Waals surface area contributed by atoms with Gasteiger partial charge in [0.2, 0.25) is 0 Å². The quantitative estimate of drug-likeness (QED) is 0.562. The lowest BCUT2D eigenvalue weighted by Crippen LogP contribution is -2.20. The van der Waals surface area contributed by atoms with Gasteiger partial charge in [-0.1, -0.05) is 43.7 Å². The standard InChI is InChI=1S/C17H22N2O/c1-2-3-12-20-17-11-7-8-15(13-17)14-18-19-16-9-5-4-6-10-16/h4-11,13,18-19H,2-3,12,14H2,1H3. The number of nitrogens with one attached hydrogen (secondary N) is 2. The topological polar surface area (TPSA) is 33.3 Å². The number of hydrazine groups is 1. The predicted molar refractivity (Wildman–Crippen MR) is 83.7 cm³/mol. The summed E-state index contributed by atoms with van der Waals surface area (Å²) >= 11 is 0. The van der Waals surface area contributed by atoms with E-state index in [4.69, 9.17) is 4.74 Å². The van der Waals surface area contributed by atoms with Gasteiger partial charge in [0, 0.05) is 12.2 Å². The third kappa shape index (κ3) is 4.94. The van der Waals surface area contributed by atoms with E-state index in [1.807, 2.05) is 42.5 Å². The van der Waals surface area contributed by atoms with E-state index in [0.29, 0.717) is 0 Å². The maximum absolute atomic E-state index is 5.70. The summed E-state index contributed by atoms with van der Waals surface area (Å²) in [4.78, 5) is 0. The van der Waals surface area contributed by atoms with Crippen molar-refractivity contribution in [2.45, 2.75) is 26.3 Å². The number of ether oxygens (including phenoxy) is 1. The minimum absolute atomic E-state index is 0.750. The van der Waals surface area contributed by atoms with Crippen LogP contribution in [0, 0.1) is 0 Å². The minimum atomic E-state index is 0.750. The van der Waals surface area contributed by atoms with Gasteiger partial charge in [0.05, 0.1) is 6.61 Å². The molecule has 0 spiro atoms. The van der Waals surface area contributed by atoms with Gasteiger partial charge in [0.15, 0.2) is 0 Å². The van der Waals surface area contributed by atoms with Gasteiger partial charge in [-0.3, -0.25) is 0 Å². The number of unbranched alkanes of at least 4 members (excludes halogenated alkanes) is 1. The molecule has 0 aliphatic carbocycles. The zero-order chi connectivity index (χ0) is 14.0. The summed E-state index contributed by atoms with van der Waals surface area (Å²) in [5, 5.41) is 0. The average Bonchev–Trinajstić information content (AvgIpc) is 2.49. The van der Waals surface area contributed by atoms with Gasteiger partial charge in [-0.2, -0.15) is 0 Å². The van der Waals surface area contributed by atoms with Gasteiger partial charge >= 0.3 is 0 Å². The molecule has 106 valence electrons. The molecule has 2 N–H and O–H groups in total. The van der Waals surface area contributed by atoms with E-state index in [1.54, 1.807) is 0 Å². The van der Waals surface area contributed by atoms with Crippen LogP contribution in [0.2, 0.25) is 0 Å². The summed E-state index contributed by atoms with van der Waals surface area (Å²) < 4.78 is 5.70. The first-order valence-corrected chi connectivity index (χ1v) is 7.14. The summed E-state index contributed by atoms with van der Waals surface area (Å²) in [5.74, 6) is 0.942. The highest BCUT2D eigenvalue weighted by Crippen LogP contribution is 2.14. The van der Waals surface area contributed by atoms with Gasteiger partial charge in [0.25, 0.3) is 0 Å². The minimum Gasteiger partial charge on any atom is -0.494 e. The van der Waals surface area contributed by atoms with Crippen LogP contribution >= 0.6 is 0 Å². The predicted octanol–water partition coefficient (Wildman–Crippen LogP) is 3.98. The molecule has 2 aromatic rings. The Balaban J connectivity index is 1.79. The van der Waals surface area contributed by atoms with E-state index >= 15 is 0 Å². The highest BCUT2D eigenvalue weighted by Gasteiger charge is 1.97. The third-order valence-corrected chi connectivity index (χ3v) is 2.96. The van der Waals surface area contributed by atoms with Crippen LogP contribution in [-0.4, -0.2) is 6.61 Å². The van der Waals surface area contributed by atoms with E-state index < -0.39 is 0 Å². The molecule has 0 radical (unpaired) electrons. The van der Waals surface area contributed by atoms with E-state index in [0.717, 1.165) is 37.4 Å². The van der Waals surface area contributed by atoms with Crippen molar-refractivity contribution >= 4 is 5.69 Å². The van der Waals surface area contributed by atoms with Crippen molar-refractivity contribution in [3.8, 4) is 5.75 Å². The van der Waals surface area contributed by atoms with Crippen molar-refractivity contribution in [1.82, 2.24) is 5.43 Å². The first-order valence-electron chi connectivity index (χ1n) is 7.14. The number of hydrogen-bond donors (Lipinski definition) is 2. The van der Waals surface area contributed by atoms with E-state index in [-0.39, 0.29) is 0 Å². The molecule has 0 aliphatic rings. The Morgan fingerprint density at radius 1 is 1.00 bits per heavy atom. The number of anilines is 1. The van der Waals surface area contributed by atoms with Crippen molar-refractivity contribution in [3.05, 3.63) is 60.2 Å². The number of hydrogen-bond acceptors (Lipinski definition) is 3. The van der Waals surface area contributed by atoms with Crippen molar-refractivity contribution in [3.63, 3.8) is 0 Å². The van der Waals surface area contributed by atoms with E-state index in [2.05, 4.69) is 29.9 Å². The molecule has 0 bridgehead atoms. The molecule has 0 unspecified atom stereocenters. The molecule has 0 saturated carbocycles. The Hall–Kier alpha value is -2.00. The molecule has 0 heterocycles. The molecular weight excluding hydrogens is 248 g/mol. The lowest BCUT2D eigenvalue weighted by Gasteiger charge is -2.10. The Morgan fingerprint density at radius 3 is 2.65 bits per heavy atom. The van der Waals surface area contributed by atoms with Gasteiger partial charge in [-0.05, 0) is 36.2 Å². The largest absolute Gasteiger partial charge is 0.494 e. The smallest absolute Gasteiger partial charge is 0.119 e. The fourth-order valence-electron chi connectivity index (χ4n) is 1.85. The number of para-hydroxylation sites is 1. The highest BCUT2D eigenvalue weighted by molar-refractivity contribution is 5.41. The number of benzene rings is 2. The zero-order valence-corrected chi connectivity index (χ0v) is 11.9. The Kier molecular flexibility index (Phi) is 5.93. The first kappa shape index (κ1) is 14.4. The molecule has 0 aliphatic heterocycles. The lowest BCUT2D eigenvalue weighted by molar-refractivity contribution is 0.309. The van der Waals surface area contributed by atoms with Crippen LogP contribution < -0.4 is 15.6 Å². The molecule has 2 aromatic carbocycles. The van der Waals surface area contributed by atoms with Crippen LogP contribution in [-0.2, 0) is 6.54 Å². The SMILES string of the molecule is CCCCOc1cccc(CNNc2ccccc2)c1. The highest BCUT2D eigenvalue weighted by atomic mass is 16.5. The van der Waals surface area contributed by atoms with Crippen LogP contribution in [0.3, 0.4) is 0 Å². The second-order valence-electron chi connectivity index (χ2n) is 4.69. The van der Waals surface area contributed by atoms with Crippen LogP contribution in [0.15, 0.2) is 54.6 Å². The van der Waals surface area contributed by atoms with E-state index in [1.165, 1.54) is 5.56 Å². The molecule has 2 rings (SSSR count). The van der Waals surface area contributed by atoms with Crippen LogP contribution in [0.1, 0.15) is 25.3 Å². The van der Waals surface area contributed by atoms with Gasteiger partial charge < -0.3 is 10.2 Å². The molecule has 0 atom stereocenters. The lowest BCUT2D eigenvalue weighted by atomic mass is 10.2.